The number of fused-ring (bicyclic) bond motifs is 13. The lowest BCUT2D eigenvalue weighted by Crippen LogP contribution is -2.04. The maximum absolute atomic E-state index is 10.4. The van der Waals surface area contributed by atoms with Gasteiger partial charge in [0.05, 0.1) is 38.6 Å². The van der Waals surface area contributed by atoms with E-state index < -0.39 is 0 Å². The molecule has 6 aromatic carbocycles. The van der Waals surface area contributed by atoms with Gasteiger partial charge in [-0.05, 0) is 35.7 Å². The number of hydrogen-bond donors (Lipinski definition) is 0. The summed E-state index contributed by atoms with van der Waals surface area (Å²) in [5.41, 5.74) is 7.39. The number of hydrogen-bond acceptors (Lipinski definition) is 3. The van der Waals surface area contributed by atoms with Gasteiger partial charge in [-0.3, -0.25) is 4.57 Å². The number of aromatic nitrogens is 4. The molecule has 0 spiro atoms. The average Bonchev–Trinajstić information content (AvgIpc) is 3.68. The Balaban J connectivity index is 1.57. The van der Waals surface area contributed by atoms with Gasteiger partial charge in [0.15, 0.2) is 11.5 Å². The minimum absolute atomic E-state index is 0.305. The van der Waals surface area contributed by atoms with Gasteiger partial charge in [-0.2, -0.15) is 5.26 Å². The Morgan fingerprint density at radius 3 is 1.98 bits per heavy atom. The van der Waals surface area contributed by atoms with Gasteiger partial charge in [-0.1, -0.05) is 84.9 Å². The second-order valence-corrected chi connectivity index (χ2v) is 10.9. The SMILES string of the molecule is N#Cc1nc2ccccc2nc1-n1c2c3ccccc3ccc2c2cc3c4ccccc4n4c5ccccc5c(c21)c34. The summed E-state index contributed by atoms with van der Waals surface area (Å²) < 4.78 is 4.61. The molecule has 0 aliphatic rings. The van der Waals surface area contributed by atoms with Crippen molar-refractivity contribution >= 4 is 81.7 Å². The van der Waals surface area contributed by atoms with E-state index >= 15 is 0 Å². The zero-order valence-electron chi connectivity index (χ0n) is 22.2. The van der Waals surface area contributed by atoms with Crippen molar-refractivity contribution in [3.8, 4) is 11.9 Å². The van der Waals surface area contributed by atoms with Crippen molar-refractivity contribution in [2.75, 3.05) is 0 Å². The Labute approximate surface area is 238 Å². The van der Waals surface area contributed by atoms with E-state index in [2.05, 4.69) is 106 Å². The van der Waals surface area contributed by atoms with Crippen LogP contribution in [0.2, 0.25) is 0 Å². The highest BCUT2D eigenvalue weighted by Gasteiger charge is 2.26. The summed E-state index contributed by atoms with van der Waals surface area (Å²) in [6.45, 7) is 0. The molecule has 10 aromatic rings. The first-order valence-electron chi connectivity index (χ1n) is 14.0. The Bertz CT molecular complexity index is 2810. The monoisotopic (exact) mass is 533 g/mol. The third kappa shape index (κ3) is 2.53. The number of nitrogens with zero attached hydrogens (tertiary/aromatic N) is 5. The van der Waals surface area contributed by atoms with Crippen LogP contribution in [0.3, 0.4) is 0 Å². The summed E-state index contributed by atoms with van der Waals surface area (Å²) in [5.74, 6) is 0.551. The van der Waals surface area contributed by atoms with Gasteiger partial charge in [0.1, 0.15) is 6.07 Å². The van der Waals surface area contributed by atoms with Crippen LogP contribution >= 0.6 is 0 Å². The van der Waals surface area contributed by atoms with Crippen molar-refractivity contribution in [3.63, 3.8) is 0 Å². The van der Waals surface area contributed by atoms with E-state index in [1.54, 1.807) is 0 Å². The van der Waals surface area contributed by atoms with Crippen LogP contribution in [0, 0.1) is 11.3 Å². The van der Waals surface area contributed by atoms with E-state index in [1.165, 1.54) is 27.2 Å². The molecule has 0 atom stereocenters. The molecule has 42 heavy (non-hydrogen) atoms. The van der Waals surface area contributed by atoms with Crippen LogP contribution in [0.5, 0.6) is 0 Å². The lowest BCUT2D eigenvalue weighted by Gasteiger charge is -2.12. The molecule has 0 amide bonds. The molecule has 5 heteroatoms. The van der Waals surface area contributed by atoms with Crippen molar-refractivity contribution in [3.05, 3.63) is 121 Å². The highest BCUT2D eigenvalue weighted by Crippen LogP contribution is 2.47. The van der Waals surface area contributed by atoms with Crippen molar-refractivity contribution in [1.29, 1.82) is 5.26 Å². The van der Waals surface area contributed by atoms with Crippen LogP contribution in [0.1, 0.15) is 5.69 Å². The quantitative estimate of drug-likeness (QED) is 0.212. The largest absolute Gasteiger partial charge is 0.308 e. The van der Waals surface area contributed by atoms with E-state index in [0.29, 0.717) is 17.0 Å². The van der Waals surface area contributed by atoms with Crippen LogP contribution in [-0.2, 0) is 0 Å². The third-order valence-electron chi connectivity index (χ3n) is 8.85. The molecule has 10 rings (SSSR count). The van der Waals surface area contributed by atoms with Crippen molar-refractivity contribution in [1.82, 2.24) is 18.9 Å². The van der Waals surface area contributed by atoms with E-state index in [-0.39, 0.29) is 0 Å². The van der Waals surface area contributed by atoms with Crippen molar-refractivity contribution in [2.45, 2.75) is 0 Å². The zero-order valence-corrected chi connectivity index (χ0v) is 22.2. The molecule has 0 bridgehead atoms. The fraction of sp³-hybridized carbons (Fsp3) is 0. The Morgan fingerprint density at radius 2 is 1.17 bits per heavy atom. The summed E-state index contributed by atoms with van der Waals surface area (Å²) in [4.78, 5) is 9.94. The summed E-state index contributed by atoms with van der Waals surface area (Å²) in [6, 6.07) is 42.6. The van der Waals surface area contributed by atoms with Crippen LogP contribution in [0.15, 0.2) is 115 Å². The standard InChI is InChI=1S/C37H19N5/c38-20-30-37(40-29-14-6-5-13-28(29)39-30)42-34-22-10-2-1-9-21(22)17-18-24(34)27-19-26-23-11-3-7-15-31(23)41-32-16-8-4-12-25(32)33(35(26)41)36(27)42/h1-19H. The Morgan fingerprint density at radius 1 is 0.524 bits per heavy atom. The van der Waals surface area contributed by atoms with Gasteiger partial charge in [0, 0.05) is 37.7 Å². The van der Waals surface area contributed by atoms with Gasteiger partial charge < -0.3 is 4.40 Å². The fourth-order valence-corrected chi connectivity index (χ4v) is 7.20. The molecule has 4 aromatic heterocycles. The zero-order chi connectivity index (χ0) is 27.5. The highest BCUT2D eigenvalue weighted by molar-refractivity contribution is 6.35. The Hall–Kier alpha value is -5.99. The summed E-state index contributed by atoms with van der Waals surface area (Å²) in [6.07, 6.45) is 0. The number of nitriles is 1. The van der Waals surface area contributed by atoms with Crippen molar-refractivity contribution < 1.29 is 0 Å². The molecule has 0 fully saturated rings. The average molecular weight is 534 g/mol. The molecule has 0 aliphatic carbocycles. The van der Waals surface area contributed by atoms with Crippen LogP contribution < -0.4 is 0 Å². The molecule has 0 aliphatic heterocycles. The fourth-order valence-electron chi connectivity index (χ4n) is 7.20. The third-order valence-corrected chi connectivity index (χ3v) is 8.85. The maximum Gasteiger partial charge on any atom is 0.184 e. The van der Waals surface area contributed by atoms with E-state index in [1.807, 2.05) is 24.3 Å². The normalized spacial score (nSPS) is 12.3. The highest BCUT2D eigenvalue weighted by atomic mass is 15.1. The van der Waals surface area contributed by atoms with Gasteiger partial charge in [-0.15, -0.1) is 0 Å². The molecule has 5 nitrogen and oxygen atoms in total. The number of rotatable bonds is 1. The first-order valence-corrected chi connectivity index (χ1v) is 14.0. The minimum Gasteiger partial charge on any atom is -0.308 e. The number of para-hydroxylation sites is 4. The molecule has 0 radical (unpaired) electrons. The number of benzene rings is 6. The second-order valence-electron chi connectivity index (χ2n) is 10.9. The van der Waals surface area contributed by atoms with Crippen LogP contribution in [0.25, 0.3) is 87.5 Å². The van der Waals surface area contributed by atoms with E-state index in [9.17, 15) is 5.26 Å². The van der Waals surface area contributed by atoms with Crippen molar-refractivity contribution in [2.24, 2.45) is 0 Å². The first-order chi connectivity index (χ1) is 20.8. The van der Waals surface area contributed by atoms with Crippen LogP contribution in [-0.4, -0.2) is 18.9 Å². The molecule has 0 saturated carbocycles. The first kappa shape index (κ1) is 21.8. The van der Waals surface area contributed by atoms with Gasteiger partial charge >= 0.3 is 0 Å². The lowest BCUT2D eigenvalue weighted by atomic mass is 10.0. The molecular weight excluding hydrogens is 514 g/mol. The predicted molar refractivity (Wildman–Crippen MR) is 171 cm³/mol. The smallest absolute Gasteiger partial charge is 0.184 e. The second kappa shape index (κ2) is 7.60. The molecule has 0 unspecified atom stereocenters. The molecular formula is C37H19N5. The molecule has 192 valence electrons. The van der Waals surface area contributed by atoms with Gasteiger partial charge in [-0.25, -0.2) is 9.97 Å². The minimum atomic E-state index is 0.305. The predicted octanol–water partition coefficient (Wildman–Crippen LogP) is 8.90. The van der Waals surface area contributed by atoms with E-state index in [4.69, 9.17) is 9.97 Å². The molecule has 0 saturated heterocycles. The van der Waals surface area contributed by atoms with Gasteiger partial charge in [0.25, 0.3) is 0 Å². The maximum atomic E-state index is 10.4. The molecule has 4 heterocycles. The van der Waals surface area contributed by atoms with Crippen LogP contribution in [0.4, 0.5) is 0 Å². The summed E-state index contributed by atoms with van der Waals surface area (Å²) >= 11 is 0. The topological polar surface area (TPSA) is 58.9 Å². The van der Waals surface area contributed by atoms with E-state index in [0.717, 1.165) is 49.0 Å². The summed E-state index contributed by atoms with van der Waals surface area (Å²) in [7, 11) is 0. The summed E-state index contributed by atoms with van der Waals surface area (Å²) in [5, 5.41) is 19.7. The van der Waals surface area contributed by atoms with Gasteiger partial charge in [0.2, 0.25) is 0 Å². The molecule has 0 N–H and O–H groups in total. The lowest BCUT2D eigenvalue weighted by molar-refractivity contribution is 1.06. The Kier molecular flexibility index (Phi) is 3.94.